The highest BCUT2D eigenvalue weighted by Gasteiger charge is 2.21. The standard InChI is InChI=1S/C30H40/c1-3-5-6-7-8-9-10-26-11-13-27(14-12-26)15-16-28-19-23-30(24-20-28)29-21-17-25(4-2)18-22-29/h11-14,17-18,21-22,28,30H,3-10,19-20,23-24H2,1-2H3. The normalized spacial score (nSPS) is 18.6. The van der Waals surface area contributed by atoms with E-state index in [1.165, 1.54) is 92.9 Å². The van der Waals surface area contributed by atoms with E-state index in [1.807, 2.05) is 0 Å². The molecule has 0 unspecified atom stereocenters. The molecule has 1 aliphatic carbocycles. The van der Waals surface area contributed by atoms with Gasteiger partial charge in [-0.1, -0.05) is 94.2 Å². The Hall–Kier alpha value is -2.00. The largest absolute Gasteiger partial charge is 0.0945 e. The van der Waals surface area contributed by atoms with Gasteiger partial charge in [-0.25, -0.2) is 0 Å². The predicted molar refractivity (Wildman–Crippen MR) is 131 cm³/mol. The van der Waals surface area contributed by atoms with E-state index in [0.29, 0.717) is 5.92 Å². The summed E-state index contributed by atoms with van der Waals surface area (Å²) < 4.78 is 0. The molecule has 2 aromatic carbocycles. The van der Waals surface area contributed by atoms with Crippen molar-refractivity contribution in [1.29, 1.82) is 0 Å². The van der Waals surface area contributed by atoms with Gasteiger partial charge in [0.05, 0.1) is 0 Å². The number of rotatable bonds is 9. The van der Waals surface area contributed by atoms with E-state index >= 15 is 0 Å². The summed E-state index contributed by atoms with van der Waals surface area (Å²) in [5.41, 5.74) is 5.61. The van der Waals surface area contributed by atoms with Crippen molar-refractivity contribution in [2.24, 2.45) is 5.92 Å². The Morgan fingerprint density at radius 1 is 0.700 bits per heavy atom. The third-order valence-electron chi connectivity index (χ3n) is 6.78. The molecular formula is C30H40. The topological polar surface area (TPSA) is 0 Å². The zero-order valence-corrected chi connectivity index (χ0v) is 19.3. The van der Waals surface area contributed by atoms with Crippen LogP contribution in [0.15, 0.2) is 48.5 Å². The first-order valence-corrected chi connectivity index (χ1v) is 12.5. The van der Waals surface area contributed by atoms with Crippen LogP contribution in [0.2, 0.25) is 0 Å². The van der Waals surface area contributed by atoms with E-state index in [9.17, 15) is 0 Å². The lowest BCUT2D eigenvalue weighted by Gasteiger charge is -2.26. The first-order chi connectivity index (χ1) is 14.8. The zero-order valence-electron chi connectivity index (χ0n) is 19.3. The number of benzene rings is 2. The Kier molecular flexibility index (Phi) is 9.56. The minimum Gasteiger partial charge on any atom is -0.0945 e. The van der Waals surface area contributed by atoms with Crippen molar-refractivity contribution in [3.63, 3.8) is 0 Å². The van der Waals surface area contributed by atoms with Crippen LogP contribution >= 0.6 is 0 Å². The Bertz CT molecular complexity index is 777. The van der Waals surface area contributed by atoms with E-state index in [4.69, 9.17) is 0 Å². The molecule has 160 valence electrons. The number of aryl methyl sites for hydroxylation is 2. The lowest BCUT2D eigenvalue weighted by Crippen LogP contribution is -2.12. The highest BCUT2D eigenvalue weighted by atomic mass is 14.2. The molecule has 0 spiro atoms. The van der Waals surface area contributed by atoms with Crippen molar-refractivity contribution in [2.45, 2.75) is 96.8 Å². The Morgan fingerprint density at radius 3 is 2.00 bits per heavy atom. The van der Waals surface area contributed by atoms with Crippen molar-refractivity contribution in [3.05, 3.63) is 70.8 Å². The highest BCUT2D eigenvalue weighted by molar-refractivity contribution is 5.37. The van der Waals surface area contributed by atoms with Gasteiger partial charge in [0, 0.05) is 11.5 Å². The van der Waals surface area contributed by atoms with E-state index in [-0.39, 0.29) is 0 Å². The van der Waals surface area contributed by atoms with Crippen molar-refractivity contribution in [2.75, 3.05) is 0 Å². The molecule has 0 saturated heterocycles. The summed E-state index contributed by atoms with van der Waals surface area (Å²) in [6, 6.07) is 18.3. The molecule has 0 aromatic heterocycles. The zero-order chi connectivity index (χ0) is 21.0. The molecule has 0 heterocycles. The van der Waals surface area contributed by atoms with Gasteiger partial charge < -0.3 is 0 Å². The van der Waals surface area contributed by atoms with Crippen LogP contribution in [0.3, 0.4) is 0 Å². The summed E-state index contributed by atoms with van der Waals surface area (Å²) in [7, 11) is 0. The number of unbranched alkanes of at least 4 members (excludes halogenated alkanes) is 5. The van der Waals surface area contributed by atoms with Crippen LogP contribution in [0.4, 0.5) is 0 Å². The highest BCUT2D eigenvalue weighted by Crippen LogP contribution is 2.35. The van der Waals surface area contributed by atoms with Gasteiger partial charge in [-0.05, 0) is 79.7 Å². The maximum atomic E-state index is 3.57. The third kappa shape index (κ3) is 7.36. The molecular weight excluding hydrogens is 360 g/mol. The second kappa shape index (κ2) is 12.6. The first-order valence-electron chi connectivity index (χ1n) is 12.5. The van der Waals surface area contributed by atoms with Gasteiger partial charge in [-0.3, -0.25) is 0 Å². The van der Waals surface area contributed by atoms with Crippen molar-refractivity contribution in [3.8, 4) is 11.8 Å². The Morgan fingerprint density at radius 2 is 1.33 bits per heavy atom. The maximum absolute atomic E-state index is 3.57. The van der Waals surface area contributed by atoms with Crippen molar-refractivity contribution < 1.29 is 0 Å². The Balaban J connectivity index is 1.40. The third-order valence-corrected chi connectivity index (χ3v) is 6.78. The van der Waals surface area contributed by atoms with Crippen molar-refractivity contribution >= 4 is 0 Å². The average Bonchev–Trinajstić information content (AvgIpc) is 2.81. The first kappa shape index (κ1) is 22.7. The average molecular weight is 401 g/mol. The minimum absolute atomic E-state index is 0.568. The van der Waals surface area contributed by atoms with Crippen LogP contribution in [0.5, 0.6) is 0 Å². The number of hydrogen-bond donors (Lipinski definition) is 0. The summed E-state index contributed by atoms with van der Waals surface area (Å²) in [6.07, 6.45) is 15.6. The van der Waals surface area contributed by atoms with Crippen LogP contribution in [0, 0.1) is 17.8 Å². The molecule has 1 aliphatic rings. The van der Waals surface area contributed by atoms with Crippen molar-refractivity contribution in [1.82, 2.24) is 0 Å². The molecule has 1 fully saturated rings. The van der Waals surface area contributed by atoms with E-state index in [0.717, 1.165) is 12.3 Å². The lowest BCUT2D eigenvalue weighted by atomic mass is 9.79. The molecule has 0 aliphatic heterocycles. The van der Waals surface area contributed by atoms with Crippen LogP contribution in [-0.4, -0.2) is 0 Å². The molecule has 0 heteroatoms. The SMILES string of the molecule is CCCCCCCCc1ccc(C#CC2CCC(c3ccc(CC)cc3)CC2)cc1. The summed E-state index contributed by atoms with van der Waals surface area (Å²) in [4.78, 5) is 0. The molecule has 0 amide bonds. The van der Waals surface area contributed by atoms with Gasteiger partial charge in [-0.15, -0.1) is 0 Å². The van der Waals surface area contributed by atoms with Gasteiger partial charge in [0.15, 0.2) is 0 Å². The fourth-order valence-corrected chi connectivity index (χ4v) is 4.65. The van der Waals surface area contributed by atoms with Gasteiger partial charge >= 0.3 is 0 Å². The summed E-state index contributed by atoms with van der Waals surface area (Å²) in [5.74, 6) is 8.32. The fourth-order valence-electron chi connectivity index (χ4n) is 4.65. The van der Waals surface area contributed by atoms with E-state index in [1.54, 1.807) is 0 Å². The van der Waals surface area contributed by atoms with Crippen LogP contribution in [0.1, 0.15) is 106 Å². The quantitative estimate of drug-likeness (QED) is 0.292. The molecule has 0 radical (unpaired) electrons. The van der Waals surface area contributed by atoms with E-state index < -0.39 is 0 Å². The van der Waals surface area contributed by atoms with Gasteiger partial charge in [0.25, 0.3) is 0 Å². The molecule has 30 heavy (non-hydrogen) atoms. The van der Waals surface area contributed by atoms with Crippen LogP contribution in [0.25, 0.3) is 0 Å². The summed E-state index contributed by atoms with van der Waals surface area (Å²) >= 11 is 0. The minimum atomic E-state index is 0.568. The Labute approximate surface area is 185 Å². The monoisotopic (exact) mass is 400 g/mol. The van der Waals surface area contributed by atoms with Crippen LogP contribution in [-0.2, 0) is 12.8 Å². The van der Waals surface area contributed by atoms with Gasteiger partial charge in [0.2, 0.25) is 0 Å². The maximum Gasteiger partial charge on any atom is 0.0245 e. The van der Waals surface area contributed by atoms with Gasteiger partial charge in [0.1, 0.15) is 0 Å². The molecule has 0 nitrogen and oxygen atoms in total. The molecule has 0 bridgehead atoms. The second-order valence-electron chi connectivity index (χ2n) is 9.13. The molecule has 3 rings (SSSR count). The lowest BCUT2D eigenvalue weighted by molar-refractivity contribution is 0.384. The van der Waals surface area contributed by atoms with E-state index in [2.05, 4.69) is 74.2 Å². The number of hydrogen-bond acceptors (Lipinski definition) is 0. The van der Waals surface area contributed by atoms with Gasteiger partial charge in [-0.2, -0.15) is 0 Å². The summed E-state index contributed by atoms with van der Waals surface area (Å²) in [6.45, 7) is 4.50. The second-order valence-corrected chi connectivity index (χ2v) is 9.13. The fraction of sp³-hybridized carbons (Fsp3) is 0.533. The summed E-state index contributed by atoms with van der Waals surface area (Å²) in [5, 5.41) is 0. The predicted octanol–water partition coefficient (Wildman–Crippen LogP) is 8.48. The van der Waals surface area contributed by atoms with Crippen LogP contribution < -0.4 is 0 Å². The molecule has 1 saturated carbocycles. The molecule has 0 atom stereocenters. The smallest absolute Gasteiger partial charge is 0.0245 e. The molecule has 2 aromatic rings. The molecule has 0 N–H and O–H groups in total.